The minimum atomic E-state index is -1.37. The fourth-order valence-electron chi connectivity index (χ4n) is 3.92. The number of carbonyl (C=O) groups excluding carboxylic acids is 5. The third-order valence-corrected chi connectivity index (χ3v) is 6.21. The summed E-state index contributed by atoms with van der Waals surface area (Å²) in [6.45, 7) is 0.170. The van der Waals surface area contributed by atoms with Crippen LogP contribution in [0.2, 0.25) is 0 Å². The van der Waals surface area contributed by atoms with Gasteiger partial charge in [-0.15, -0.1) is 6.42 Å². The second kappa shape index (κ2) is 18.2. The Kier molecular flexibility index (Phi) is 14.4. The number of non-ortho nitro benzene ring substituents is 1. The molecule has 17 nitrogen and oxygen atoms in total. The number of amides is 4. The van der Waals surface area contributed by atoms with Crippen molar-refractivity contribution in [2.45, 2.75) is 56.7 Å². The van der Waals surface area contributed by atoms with Crippen molar-refractivity contribution in [3.05, 3.63) is 33.9 Å². The van der Waals surface area contributed by atoms with Crippen LogP contribution in [0, 0.1) is 34.5 Å². The van der Waals surface area contributed by atoms with Gasteiger partial charge in [-0.1, -0.05) is 0 Å². The largest absolute Gasteiger partial charge is 0.493 e. The smallest absolute Gasteiger partial charge is 0.305 e. The lowest BCUT2D eigenvalue weighted by molar-refractivity contribution is -0.960. The second-order valence-corrected chi connectivity index (χ2v) is 9.24. The molecule has 0 radical (unpaired) electrons. The van der Waals surface area contributed by atoms with Gasteiger partial charge in [0.05, 0.1) is 24.2 Å². The summed E-state index contributed by atoms with van der Waals surface area (Å²) >= 11 is 0. The highest BCUT2D eigenvalue weighted by Gasteiger charge is 2.31. The molecule has 1 aromatic rings. The zero-order valence-electron chi connectivity index (χ0n) is 23.8. The average Bonchev–Trinajstić information content (AvgIpc) is 2.99. The number of nitro groups is 1. The summed E-state index contributed by atoms with van der Waals surface area (Å²) in [6.07, 6.45) is 7.40. The van der Waals surface area contributed by atoms with Gasteiger partial charge in [0.15, 0.2) is 6.11 Å². The summed E-state index contributed by atoms with van der Waals surface area (Å²) in [5.41, 5.74) is 6.11. The van der Waals surface area contributed by atoms with E-state index < -0.39 is 58.3 Å². The van der Waals surface area contributed by atoms with E-state index in [1.54, 1.807) is 0 Å². The number of hydrogen-bond donors (Lipinski definition) is 5. The maximum absolute atomic E-state index is 13.4. The predicted molar refractivity (Wildman–Crippen MR) is 148 cm³/mol. The maximum atomic E-state index is 13.4. The van der Waals surface area contributed by atoms with Crippen molar-refractivity contribution in [3.63, 3.8) is 0 Å². The van der Waals surface area contributed by atoms with Crippen LogP contribution < -0.4 is 31.9 Å². The van der Waals surface area contributed by atoms with Crippen molar-refractivity contribution in [3.8, 4) is 30.1 Å². The molecular formula is C27H33N6O11+. The molecule has 0 aromatic heterocycles. The van der Waals surface area contributed by atoms with Crippen molar-refractivity contribution < 1.29 is 53.7 Å². The standard InChI is InChI=1S/C27H32N6O11/c1-3-4-14-43-44-29-13-6-5-7-20-26(37)30-19(24(28)35)12-15-42-22-10-8-17(33(39)40)16-18(22)25(36)31-21(27(38)32-20)9-11-23(34)41-2/h1,8,10,16,19-21,29H,5-7,9,11-13,15H2,2H3,(H2,28,35)(H,30,37)(H,31,36)(H,32,38)/p+1/t19?,20?,21-/m1/s1. The van der Waals surface area contributed by atoms with Crippen LogP contribution in [-0.4, -0.2) is 72.9 Å². The lowest BCUT2D eigenvalue weighted by atomic mass is 10.0. The predicted octanol–water partition coefficient (Wildman–Crippen LogP) is -1.93. The Morgan fingerprint density at radius 2 is 1.89 bits per heavy atom. The van der Waals surface area contributed by atoms with Crippen molar-refractivity contribution in [2.24, 2.45) is 5.73 Å². The van der Waals surface area contributed by atoms with Gasteiger partial charge in [0.1, 0.15) is 30.4 Å². The van der Waals surface area contributed by atoms with Gasteiger partial charge in [-0.3, -0.25) is 34.1 Å². The van der Waals surface area contributed by atoms with Gasteiger partial charge in [-0.2, -0.15) is 5.48 Å². The Morgan fingerprint density at radius 3 is 2.57 bits per heavy atom. The van der Waals surface area contributed by atoms with Crippen LogP contribution in [-0.2, 0) is 33.8 Å². The van der Waals surface area contributed by atoms with Gasteiger partial charge in [-0.25, -0.2) is 4.89 Å². The Bertz CT molecular complexity index is 1330. The van der Waals surface area contributed by atoms with E-state index in [9.17, 15) is 34.1 Å². The van der Waals surface area contributed by atoms with Gasteiger partial charge >= 0.3 is 5.97 Å². The highest BCUT2D eigenvalue weighted by Crippen LogP contribution is 2.25. The number of nitrogens with one attached hydrogen (secondary N) is 3. The molecule has 0 spiro atoms. The van der Waals surface area contributed by atoms with Crippen LogP contribution in [0.25, 0.3) is 0 Å². The number of fused-ring (bicyclic) bond motifs is 1. The number of nitrogens with two attached hydrogens (primary N) is 2. The number of ether oxygens (including phenoxy) is 2. The second-order valence-electron chi connectivity index (χ2n) is 9.24. The number of esters is 1. The zero-order valence-corrected chi connectivity index (χ0v) is 23.8. The first kappa shape index (κ1) is 34.8. The fraction of sp³-hybridized carbons (Fsp3) is 0.444. The average molecular weight is 618 g/mol. The van der Waals surface area contributed by atoms with E-state index in [-0.39, 0.29) is 43.6 Å². The van der Waals surface area contributed by atoms with Crippen molar-refractivity contribution >= 4 is 35.3 Å². The van der Waals surface area contributed by atoms with E-state index in [2.05, 4.69) is 37.6 Å². The molecule has 7 N–H and O–H groups in total. The van der Waals surface area contributed by atoms with E-state index >= 15 is 0 Å². The molecule has 1 aliphatic rings. The molecule has 1 aliphatic heterocycles. The molecule has 3 atom stereocenters. The van der Waals surface area contributed by atoms with Crippen LogP contribution >= 0.6 is 0 Å². The molecule has 4 amide bonds. The Hall–Kier alpha value is -5.39. The number of rotatable bonds is 12. The van der Waals surface area contributed by atoms with Crippen LogP contribution in [0.15, 0.2) is 18.2 Å². The Morgan fingerprint density at radius 1 is 1.16 bits per heavy atom. The molecule has 1 heterocycles. The van der Waals surface area contributed by atoms with Crippen LogP contribution in [0.1, 0.15) is 48.9 Å². The van der Waals surface area contributed by atoms with Gasteiger partial charge < -0.3 is 31.2 Å². The summed E-state index contributed by atoms with van der Waals surface area (Å²) in [7, 11) is 1.15. The first-order valence-corrected chi connectivity index (χ1v) is 13.4. The number of terminal acetylenes is 1. The number of carbonyl (C=O) groups is 5. The van der Waals surface area contributed by atoms with Crippen molar-refractivity contribution in [1.82, 2.24) is 16.0 Å². The van der Waals surface area contributed by atoms with Crippen LogP contribution in [0.3, 0.4) is 0 Å². The van der Waals surface area contributed by atoms with Crippen LogP contribution in [0.4, 0.5) is 5.69 Å². The summed E-state index contributed by atoms with van der Waals surface area (Å²) in [5, 5.41) is 18.9. The molecule has 236 valence electrons. The van der Waals surface area contributed by atoms with Crippen LogP contribution in [0.5, 0.6) is 5.75 Å². The van der Waals surface area contributed by atoms with Gasteiger partial charge in [0.25, 0.3) is 11.6 Å². The highest BCUT2D eigenvalue weighted by atomic mass is 17.3. The molecule has 1 aromatic carbocycles. The zero-order chi connectivity index (χ0) is 32.5. The maximum Gasteiger partial charge on any atom is 0.305 e. The number of primary amides is 1. The summed E-state index contributed by atoms with van der Waals surface area (Å²) in [6, 6.07) is -0.498. The first-order chi connectivity index (χ1) is 21.1. The van der Waals surface area contributed by atoms with E-state index in [0.717, 1.165) is 19.2 Å². The van der Waals surface area contributed by atoms with E-state index in [4.69, 9.17) is 21.9 Å². The van der Waals surface area contributed by atoms with E-state index in [1.807, 2.05) is 5.92 Å². The SMILES string of the molecule is C#CC#COO[NH2+]CCCCC1NC(=O)[C@@H](CCC(=O)OC)NC(=O)c2cc([N+](=O)[O-])ccc2OCCC(C(N)=O)NC1=O. The summed E-state index contributed by atoms with van der Waals surface area (Å²) in [5.74, 6) is 0.130. The van der Waals surface area contributed by atoms with Gasteiger partial charge in [0, 0.05) is 35.9 Å². The monoisotopic (exact) mass is 617 g/mol. The Balaban J connectivity index is 2.32. The molecule has 0 fully saturated rings. The quantitative estimate of drug-likeness (QED) is 0.0432. The lowest BCUT2D eigenvalue weighted by Crippen LogP contribution is -2.82. The fourth-order valence-corrected chi connectivity index (χ4v) is 3.92. The highest BCUT2D eigenvalue weighted by molar-refractivity contribution is 6.01. The Labute approximate surface area is 251 Å². The first-order valence-electron chi connectivity index (χ1n) is 13.4. The number of quaternary nitrogens is 1. The summed E-state index contributed by atoms with van der Waals surface area (Å²) < 4.78 is 10.3. The number of nitro benzene ring substituents is 1. The number of nitrogens with zero attached hydrogens (tertiary/aromatic N) is 1. The number of benzene rings is 1. The normalized spacial score (nSPS) is 18.6. The van der Waals surface area contributed by atoms with Crippen molar-refractivity contribution in [1.29, 1.82) is 0 Å². The molecule has 0 aliphatic carbocycles. The van der Waals surface area contributed by atoms with Gasteiger partial charge in [0.2, 0.25) is 17.7 Å². The molecule has 0 bridgehead atoms. The molecule has 44 heavy (non-hydrogen) atoms. The third kappa shape index (κ3) is 11.5. The molecule has 2 unspecified atom stereocenters. The van der Waals surface area contributed by atoms with Crippen molar-refractivity contribution in [2.75, 3.05) is 20.3 Å². The molecule has 17 heteroatoms. The number of hydrogen-bond acceptors (Lipinski definition) is 11. The van der Waals surface area contributed by atoms with E-state index in [1.165, 1.54) is 11.5 Å². The number of unbranched alkanes of at least 4 members (excludes halogenated alkanes) is 1. The minimum Gasteiger partial charge on any atom is -0.493 e. The number of methoxy groups -OCH3 is 1. The molecule has 2 rings (SSSR count). The minimum absolute atomic E-state index is 0.0843. The summed E-state index contributed by atoms with van der Waals surface area (Å²) in [4.78, 5) is 83.7. The molecular weight excluding hydrogens is 584 g/mol. The van der Waals surface area contributed by atoms with Gasteiger partial charge in [-0.05, 0) is 37.7 Å². The third-order valence-electron chi connectivity index (χ3n) is 6.21. The topological polar surface area (TPSA) is 244 Å². The lowest BCUT2D eigenvalue weighted by Gasteiger charge is -2.26. The molecule has 0 saturated carbocycles. The van der Waals surface area contributed by atoms with E-state index in [0.29, 0.717) is 19.4 Å². The molecule has 0 saturated heterocycles. The number of hydroxylamine groups is 1.